The molecule has 114 valence electrons. The van der Waals surface area contributed by atoms with Crippen LogP contribution in [0.15, 0.2) is 40.9 Å². The first-order valence-electron chi connectivity index (χ1n) is 6.06. The van der Waals surface area contributed by atoms with Crippen LogP contribution in [0, 0.1) is 5.82 Å². The van der Waals surface area contributed by atoms with Crippen LogP contribution in [0.1, 0.15) is 20.7 Å². The standard InChI is InChI=1S/C15H10BrClFNO3/c1-22-15(21)11-7-9(3-5-13(11)17)19-14(20)10-6-8(18)2-4-12(10)16/h2-7H,1H3,(H,19,20). The molecule has 2 rings (SSSR count). The fraction of sp³-hybridized carbons (Fsp3) is 0.0667. The number of hydrogen-bond donors (Lipinski definition) is 1. The van der Waals surface area contributed by atoms with Crippen molar-refractivity contribution in [2.45, 2.75) is 0 Å². The summed E-state index contributed by atoms with van der Waals surface area (Å²) in [5, 5.41) is 2.78. The number of rotatable bonds is 3. The lowest BCUT2D eigenvalue weighted by atomic mass is 10.1. The third kappa shape index (κ3) is 3.64. The van der Waals surface area contributed by atoms with Gasteiger partial charge >= 0.3 is 5.97 Å². The van der Waals surface area contributed by atoms with Crippen molar-refractivity contribution in [2.24, 2.45) is 0 Å². The topological polar surface area (TPSA) is 55.4 Å². The predicted molar refractivity (Wildman–Crippen MR) is 84.8 cm³/mol. The number of carbonyl (C=O) groups is 2. The van der Waals surface area contributed by atoms with E-state index in [9.17, 15) is 14.0 Å². The summed E-state index contributed by atoms with van der Waals surface area (Å²) >= 11 is 9.08. The number of nitrogens with one attached hydrogen (secondary N) is 1. The van der Waals surface area contributed by atoms with Crippen LogP contribution in [0.4, 0.5) is 10.1 Å². The van der Waals surface area contributed by atoms with Crippen LogP contribution < -0.4 is 5.32 Å². The maximum absolute atomic E-state index is 13.2. The summed E-state index contributed by atoms with van der Waals surface area (Å²) in [5.74, 6) is -1.67. The highest BCUT2D eigenvalue weighted by atomic mass is 79.9. The number of carbonyl (C=O) groups excluding carboxylic acids is 2. The molecule has 0 aliphatic rings. The van der Waals surface area contributed by atoms with Crippen molar-refractivity contribution in [1.29, 1.82) is 0 Å². The largest absolute Gasteiger partial charge is 0.465 e. The van der Waals surface area contributed by atoms with Crippen molar-refractivity contribution < 1.29 is 18.7 Å². The Hall–Kier alpha value is -1.92. The zero-order valence-corrected chi connectivity index (χ0v) is 13.7. The fourth-order valence-corrected chi connectivity index (χ4v) is 2.36. The predicted octanol–water partition coefficient (Wildman–Crippen LogP) is 4.28. The number of esters is 1. The maximum Gasteiger partial charge on any atom is 0.339 e. The van der Waals surface area contributed by atoms with Gasteiger partial charge in [-0.05, 0) is 52.3 Å². The van der Waals surface area contributed by atoms with Gasteiger partial charge in [-0.25, -0.2) is 9.18 Å². The highest BCUT2D eigenvalue weighted by Crippen LogP contribution is 2.23. The molecule has 0 fully saturated rings. The van der Waals surface area contributed by atoms with E-state index in [1.807, 2.05) is 0 Å². The van der Waals surface area contributed by atoms with E-state index < -0.39 is 17.7 Å². The van der Waals surface area contributed by atoms with Crippen LogP contribution in [-0.2, 0) is 4.74 Å². The average molecular weight is 387 g/mol. The van der Waals surface area contributed by atoms with E-state index in [0.29, 0.717) is 10.2 Å². The second-order valence-corrected chi connectivity index (χ2v) is 5.53. The first-order chi connectivity index (χ1) is 10.4. The molecule has 0 saturated heterocycles. The molecule has 22 heavy (non-hydrogen) atoms. The van der Waals surface area contributed by atoms with E-state index >= 15 is 0 Å². The van der Waals surface area contributed by atoms with Crippen molar-refractivity contribution >= 4 is 45.1 Å². The van der Waals surface area contributed by atoms with Crippen LogP contribution in [0.5, 0.6) is 0 Å². The number of benzene rings is 2. The molecule has 0 bridgehead atoms. The third-order valence-electron chi connectivity index (χ3n) is 2.80. The van der Waals surface area contributed by atoms with Gasteiger partial charge in [0.1, 0.15) is 5.82 Å². The van der Waals surface area contributed by atoms with Gasteiger partial charge in [0.2, 0.25) is 0 Å². The Bertz CT molecular complexity index is 752. The third-order valence-corrected chi connectivity index (χ3v) is 3.82. The zero-order chi connectivity index (χ0) is 16.3. The molecule has 0 radical (unpaired) electrons. The molecule has 2 aromatic carbocycles. The molecule has 7 heteroatoms. The summed E-state index contributed by atoms with van der Waals surface area (Å²) in [6.45, 7) is 0. The van der Waals surface area contributed by atoms with Crippen molar-refractivity contribution in [1.82, 2.24) is 0 Å². The molecule has 0 aliphatic heterocycles. The van der Waals surface area contributed by atoms with Crippen LogP contribution in [0.3, 0.4) is 0 Å². The summed E-state index contributed by atoms with van der Waals surface area (Å²) in [4.78, 5) is 23.7. The van der Waals surface area contributed by atoms with E-state index in [4.69, 9.17) is 11.6 Å². The Labute approximate surface area is 139 Å². The van der Waals surface area contributed by atoms with Crippen LogP contribution in [0.2, 0.25) is 5.02 Å². The van der Waals surface area contributed by atoms with Gasteiger partial charge in [-0.3, -0.25) is 4.79 Å². The van der Waals surface area contributed by atoms with Crippen molar-refractivity contribution in [2.75, 3.05) is 12.4 Å². The Morgan fingerprint density at radius 3 is 2.59 bits per heavy atom. The summed E-state index contributed by atoms with van der Waals surface area (Å²) in [6, 6.07) is 8.16. The van der Waals surface area contributed by atoms with E-state index in [-0.39, 0.29) is 16.1 Å². The minimum atomic E-state index is -0.618. The highest BCUT2D eigenvalue weighted by Gasteiger charge is 2.15. The maximum atomic E-state index is 13.2. The number of methoxy groups -OCH3 is 1. The Kier molecular flexibility index (Phi) is 5.15. The van der Waals surface area contributed by atoms with Crippen LogP contribution in [-0.4, -0.2) is 19.0 Å². The van der Waals surface area contributed by atoms with Crippen molar-refractivity contribution in [3.63, 3.8) is 0 Å². The number of anilines is 1. The van der Waals surface area contributed by atoms with Gasteiger partial charge in [-0.2, -0.15) is 0 Å². The summed E-state index contributed by atoms with van der Waals surface area (Å²) in [6.07, 6.45) is 0. The molecule has 0 saturated carbocycles. The second kappa shape index (κ2) is 6.89. The van der Waals surface area contributed by atoms with Gasteiger partial charge in [-0.15, -0.1) is 0 Å². The van der Waals surface area contributed by atoms with E-state index in [1.54, 1.807) is 0 Å². The van der Waals surface area contributed by atoms with E-state index in [0.717, 1.165) is 6.07 Å². The minimum Gasteiger partial charge on any atom is -0.465 e. The molecule has 1 N–H and O–H groups in total. The average Bonchev–Trinajstić information content (AvgIpc) is 2.50. The lowest BCUT2D eigenvalue weighted by molar-refractivity contribution is 0.0600. The molecular weight excluding hydrogens is 377 g/mol. The first kappa shape index (κ1) is 16.5. The van der Waals surface area contributed by atoms with Crippen LogP contribution >= 0.6 is 27.5 Å². The summed E-state index contributed by atoms with van der Waals surface area (Å²) in [7, 11) is 1.23. The number of ether oxygens (including phenoxy) is 1. The van der Waals surface area contributed by atoms with Gasteiger partial charge < -0.3 is 10.1 Å². The van der Waals surface area contributed by atoms with Crippen LogP contribution in [0.25, 0.3) is 0 Å². The van der Waals surface area contributed by atoms with Gasteiger partial charge in [0, 0.05) is 10.2 Å². The molecule has 2 aromatic rings. The van der Waals surface area contributed by atoms with Crippen molar-refractivity contribution in [3.8, 4) is 0 Å². The number of amides is 1. The lowest BCUT2D eigenvalue weighted by Gasteiger charge is -2.09. The molecule has 0 heterocycles. The molecular formula is C15H10BrClFNO3. The highest BCUT2D eigenvalue weighted by molar-refractivity contribution is 9.10. The first-order valence-corrected chi connectivity index (χ1v) is 7.23. The molecule has 0 aliphatic carbocycles. The smallest absolute Gasteiger partial charge is 0.339 e. The Morgan fingerprint density at radius 2 is 1.91 bits per heavy atom. The van der Waals surface area contributed by atoms with Crippen molar-refractivity contribution in [3.05, 3.63) is 62.8 Å². The molecule has 4 nitrogen and oxygen atoms in total. The van der Waals surface area contributed by atoms with Gasteiger partial charge in [0.15, 0.2) is 0 Å². The molecule has 0 aromatic heterocycles. The molecule has 1 amide bonds. The number of halogens is 3. The number of hydrogen-bond acceptors (Lipinski definition) is 3. The Balaban J connectivity index is 2.29. The lowest BCUT2D eigenvalue weighted by Crippen LogP contribution is -2.13. The molecule has 0 spiro atoms. The normalized spacial score (nSPS) is 10.2. The quantitative estimate of drug-likeness (QED) is 0.801. The fourth-order valence-electron chi connectivity index (χ4n) is 1.74. The second-order valence-electron chi connectivity index (χ2n) is 4.26. The Morgan fingerprint density at radius 1 is 1.18 bits per heavy atom. The molecule has 0 unspecified atom stereocenters. The van der Waals surface area contributed by atoms with Gasteiger partial charge in [0.25, 0.3) is 5.91 Å². The van der Waals surface area contributed by atoms with E-state index in [2.05, 4.69) is 26.0 Å². The van der Waals surface area contributed by atoms with Gasteiger partial charge in [0.05, 0.1) is 23.3 Å². The van der Waals surface area contributed by atoms with Gasteiger partial charge in [-0.1, -0.05) is 11.6 Å². The monoisotopic (exact) mass is 385 g/mol. The zero-order valence-electron chi connectivity index (χ0n) is 11.3. The molecule has 0 atom stereocenters. The van der Waals surface area contributed by atoms with E-state index in [1.165, 1.54) is 37.4 Å². The summed E-state index contributed by atoms with van der Waals surface area (Å²) < 4.78 is 18.3. The minimum absolute atomic E-state index is 0.125. The summed E-state index contributed by atoms with van der Waals surface area (Å²) in [5.41, 5.74) is 0.598. The SMILES string of the molecule is COC(=O)c1cc(NC(=O)c2cc(F)ccc2Br)ccc1Cl.